The van der Waals surface area contributed by atoms with E-state index in [9.17, 15) is 0 Å². The van der Waals surface area contributed by atoms with Gasteiger partial charge in [-0.15, -0.1) is 0 Å². The Kier molecular flexibility index (Phi) is 3.27. The van der Waals surface area contributed by atoms with Crippen molar-refractivity contribution in [3.05, 3.63) is 35.8 Å². The van der Waals surface area contributed by atoms with E-state index in [1.807, 2.05) is 50.4 Å². The Morgan fingerprint density at radius 1 is 1.29 bits per heavy atom. The van der Waals surface area contributed by atoms with Gasteiger partial charge in [0.25, 0.3) is 0 Å². The van der Waals surface area contributed by atoms with Crippen LogP contribution in [0.4, 0.5) is 11.5 Å². The molecule has 5 heteroatoms. The van der Waals surface area contributed by atoms with Gasteiger partial charge in [-0.25, -0.2) is 4.98 Å². The average molecular weight is 231 g/mol. The molecule has 0 amide bonds. The molecule has 0 aliphatic rings. The van der Waals surface area contributed by atoms with Crippen LogP contribution in [0.15, 0.2) is 24.5 Å². The van der Waals surface area contributed by atoms with Gasteiger partial charge in [-0.3, -0.25) is 5.10 Å². The molecule has 17 heavy (non-hydrogen) atoms. The Morgan fingerprint density at radius 2 is 2.12 bits per heavy atom. The van der Waals surface area contributed by atoms with Gasteiger partial charge >= 0.3 is 0 Å². The molecule has 0 aromatic carbocycles. The fourth-order valence-electron chi connectivity index (χ4n) is 1.51. The number of hydrogen-bond acceptors (Lipinski definition) is 4. The van der Waals surface area contributed by atoms with Gasteiger partial charge in [0.1, 0.15) is 5.82 Å². The summed E-state index contributed by atoms with van der Waals surface area (Å²) in [6, 6.07) is 4.02. The SMILES string of the molecule is Cc1[nH]ncc1CNc1ccc(N(C)C)nc1. The van der Waals surface area contributed by atoms with Gasteiger partial charge in [-0.2, -0.15) is 5.10 Å². The highest BCUT2D eigenvalue weighted by atomic mass is 15.1. The van der Waals surface area contributed by atoms with Gasteiger partial charge in [-0.05, 0) is 19.1 Å². The zero-order valence-corrected chi connectivity index (χ0v) is 10.4. The highest BCUT2D eigenvalue weighted by Crippen LogP contribution is 2.13. The average Bonchev–Trinajstić information content (AvgIpc) is 2.73. The summed E-state index contributed by atoms with van der Waals surface area (Å²) in [5.74, 6) is 0.954. The molecule has 0 fully saturated rings. The van der Waals surface area contributed by atoms with E-state index >= 15 is 0 Å². The van der Waals surface area contributed by atoms with Crippen LogP contribution in [0.1, 0.15) is 11.3 Å². The van der Waals surface area contributed by atoms with Crippen LogP contribution in [0, 0.1) is 6.92 Å². The first-order valence-electron chi connectivity index (χ1n) is 5.53. The number of aromatic amines is 1. The maximum atomic E-state index is 4.34. The van der Waals surface area contributed by atoms with Crippen LogP contribution < -0.4 is 10.2 Å². The molecule has 0 spiro atoms. The third-order valence-electron chi connectivity index (χ3n) is 2.62. The standard InChI is InChI=1S/C12H17N5/c1-9-10(7-15-16-9)6-13-11-4-5-12(14-8-11)17(2)3/h4-5,7-8,13H,6H2,1-3H3,(H,15,16). The molecule has 2 aromatic heterocycles. The first-order chi connectivity index (χ1) is 8.16. The van der Waals surface area contributed by atoms with Crippen LogP contribution in [0.25, 0.3) is 0 Å². The lowest BCUT2D eigenvalue weighted by Crippen LogP contribution is -2.10. The third kappa shape index (κ3) is 2.75. The minimum Gasteiger partial charge on any atom is -0.380 e. The molecule has 0 saturated carbocycles. The zero-order chi connectivity index (χ0) is 12.3. The Bertz CT molecular complexity index is 472. The highest BCUT2D eigenvalue weighted by molar-refractivity contribution is 5.48. The van der Waals surface area contributed by atoms with E-state index in [2.05, 4.69) is 20.5 Å². The summed E-state index contributed by atoms with van der Waals surface area (Å²) in [6.07, 6.45) is 3.68. The second kappa shape index (κ2) is 4.86. The van der Waals surface area contributed by atoms with Crippen LogP contribution in [-0.4, -0.2) is 29.3 Å². The molecular weight excluding hydrogens is 214 g/mol. The van der Waals surface area contributed by atoms with E-state index in [0.29, 0.717) is 0 Å². The van der Waals surface area contributed by atoms with Crippen LogP contribution in [-0.2, 0) is 6.54 Å². The molecule has 0 atom stereocenters. The van der Waals surface area contributed by atoms with Gasteiger partial charge in [0.05, 0.1) is 18.1 Å². The van der Waals surface area contributed by atoms with E-state index in [0.717, 1.165) is 23.7 Å². The van der Waals surface area contributed by atoms with Crippen LogP contribution in [0.5, 0.6) is 0 Å². The first-order valence-corrected chi connectivity index (χ1v) is 5.53. The number of hydrogen-bond donors (Lipinski definition) is 2. The first kappa shape index (κ1) is 11.4. The lowest BCUT2D eigenvalue weighted by molar-refractivity contribution is 1.04. The number of pyridine rings is 1. The molecule has 0 aliphatic carbocycles. The quantitative estimate of drug-likeness (QED) is 0.842. The van der Waals surface area contributed by atoms with Crippen molar-refractivity contribution >= 4 is 11.5 Å². The molecule has 90 valence electrons. The van der Waals surface area contributed by atoms with Crippen molar-refractivity contribution in [2.75, 3.05) is 24.3 Å². The molecular formula is C12H17N5. The molecule has 0 bridgehead atoms. The molecule has 0 radical (unpaired) electrons. The van der Waals surface area contributed by atoms with E-state index in [4.69, 9.17) is 0 Å². The van der Waals surface area contributed by atoms with Crippen molar-refractivity contribution in [3.63, 3.8) is 0 Å². The maximum absolute atomic E-state index is 4.34. The van der Waals surface area contributed by atoms with Crippen molar-refractivity contribution in [1.82, 2.24) is 15.2 Å². The van der Waals surface area contributed by atoms with Crippen molar-refractivity contribution in [1.29, 1.82) is 0 Å². The van der Waals surface area contributed by atoms with Gasteiger partial charge in [-0.1, -0.05) is 0 Å². The Balaban J connectivity index is 1.98. The zero-order valence-electron chi connectivity index (χ0n) is 10.4. The second-order valence-electron chi connectivity index (χ2n) is 4.17. The van der Waals surface area contributed by atoms with E-state index in [1.165, 1.54) is 5.56 Å². The Morgan fingerprint density at radius 3 is 2.65 bits per heavy atom. The summed E-state index contributed by atoms with van der Waals surface area (Å²) in [7, 11) is 3.95. The number of anilines is 2. The van der Waals surface area contributed by atoms with Crippen molar-refractivity contribution in [2.24, 2.45) is 0 Å². The van der Waals surface area contributed by atoms with Gasteiger partial charge in [0.15, 0.2) is 0 Å². The number of rotatable bonds is 4. The Labute approximate surface area is 101 Å². The molecule has 2 rings (SSSR count). The predicted octanol–water partition coefficient (Wildman–Crippen LogP) is 1.79. The normalized spacial score (nSPS) is 10.3. The van der Waals surface area contributed by atoms with Crippen molar-refractivity contribution < 1.29 is 0 Å². The van der Waals surface area contributed by atoms with Gasteiger partial charge in [0, 0.05) is 31.9 Å². The number of nitrogens with zero attached hydrogens (tertiary/aromatic N) is 3. The lowest BCUT2D eigenvalue weighted by Gasteiger charge is -2.11. The van der Waals surface area contributed by atoms with Gasteiger partial charge in [0.2, 0.25) is 0 Å². The molecule has 5 nitrogen and oxygen atoms in total. The molecule has 2 aromatic rings. The third-order valence-corrected chi connectivity index (χ3v) is 2.62. The number of aryl methyl sites for hydroxylation is 1. The fourth-order valence-corrected chi connectivity index (χ4v) is 1.51. The summed E-state index contributed by atoms with van der Waals surface area (Å²) in [5.41, 5.74) is 3.27. The second-order valence-corrected chi connectivity index (χ2v) is 4.17. The molecule has 0 saturated heterocycles. The van der Waals surface area contributed by atoms with Crippen LogP contribution in [0.2, 0.25) is 0 Å². The molecule has 0 aliphatic heterocycles. The van der Waals surface area contributed by atoms with Crippen LogP contribution >= 0.6 is 0 Å². The summed E-state index contributed by atoms with van der Waals surface area (Å²) in [6.45, 7) is 2.77. The minimum atomic E-state index is 0.755. The van der Waals surface area contributed by atoms with Crippen molar-refractivity contribution in [2.45, 2.75) is 13.5 Å². The number of H-pyrrole nitrogens is 1. The smallest absolute Gasteiger partial charge is 0.128 e. The van der Waals surface area contributed by atoms with Crippen LogP contribution in [0.3, 0.4) is 0 Å². The summed E-state index contributed by atoms with van der Waals surface area (Å²) in [5, 5.41) is 10.2. The van der Waals surface area contributed by atoms with E-state index in [-0.39, 0.29) is 0 Å². The van der Waals surface area contributed by atoms with Crippen molar-refractivity contribution in [3.8, 4) is 0 Å². The maximum Gasteiger partial charge on any atom is 0.128 e. The summed E-state index contributed by atoms with van der Waals surface area (Å²) >= 11 is 0. The molecule has 2 N–H and O–H groups in total. The molecule has 2 heterocycles. The predicted molar refractivity (Wildman–Crippen MR) is 69.2 cm³/mol. The summed E-state index contributed by atoms with van der Waals surface area (Å²) < 4.78 is 0. The van der Waals surface area contributed by atoms with E-state index in [1.54, 1.807) is 0 Å². The lowest BCUT2D eigenvalue weighted by atomic mass is 10.2. The fraction of sp³-hybridized carbons (Fsp3) is 0.333. The van der Waals surface area contributed by atoms with Gasteiger partial charge < -0.3 is 10.2 Å². The number of nitrogens with one attached hydrogen (secondary N) is 2. The monoisotopic (exact) mass is 231 g/mol. The largest absolute Gasteiger partial charge is 0.380 e. The number of aromatic nitrogens is 3. The Hall–Kier alpha value is -2.04. The van der Waals surface area contributed by atoms with E-state index < -0.39 is 0 Å². The molecule has 0 unspecified atom stereocenters. The summed E-state index contributed by atoms with van der Waals surface area (Å²) in [4.78, 5) is 6.32. The highest BCUT2D eigenvalue weighted by Gasteiger charge is 2.01. The minimum absolute atomic E-state index is 0.755. The topological polar surface area (TPSA) is 56.8 Å².